The number of nitrogens with zero attached hydrogens (tertiary/aromatic N) is 2. The van der Waals surface area contributed by atoms with Crippen molar-refractivity contribution in [3.8, 4) is 11.4 Å². The fraction of sp³-hybridized carbons (Fsp3) is 0.355. The van der Waals surface area contributed by atoms with Gasteiger partial charge in [-0.2, -0.15) is 13.8 Å². The summed E-state index contributed by atoms with van der Waals surface area (Å²) in [5, 5.41) is 4.20. The van der Waals surface area contributed by atoms with Gasteiger partial charge < -0.3 is 4.52 Å². The van der Waals surface area contributed by atoms with E-state index in [9.17, 15) is 0 Å². The molecule has 0 radical (unpaired) electrons. The van der Waals surface area contributed by atoms with E-state index in [0.29, 0.717) is 22.6 Å². The topological polar surface area (TPSA) is 57.4 Å². The molecule has 0 aliphatic heterocycles. The second kappa shape index (κ2) is 13.9. The SMILES string of the molecule is CC(C)CO[PH+](OCC(C)C)C(F)(F)c1ccc(CC(c2ccccc2)c2nc(-c3ccccc3)no2)cc1Br. The predicted molar refractivity (Wildman–Crippen MR) is 160 cm³/mol. The lowest BCUT2D eigenvalue weighted by molar-refractivity contribution is 0.0493. The monoisotopic (exact) mass is 631 g/mol. The van der Waals surface area contributed by atoms with Crippen LogP contribution < -0.4 is 0 Å². The van der Waals surface area contributed by atoms with E-state index >= 15 is 8.78 Å². The van der Waals surface area contributed by atoms with Gasteiger partial charge in [0.2, 0.25) is 11.7 Å². The van der Waals surface area contributed by atoms with Gasteiger partial charge in [-0.25, -0.2) is 9.05 Å². The molecule has 40 heavy (non-hydrogen) atoms. The van der Waals surface area contributed by atoms with Crippen molar-refractivity contribution in [3.05, 3.63) is 106 Å². The van der Waals surface area contributed by atoms with Crippen LogP contribution in [-0.4, -0.2) is 23.4 Å². The molecule has 0 spiro atoms. The van der Waals surface area contributed by atoms with E-state index < -0.39 is 14.0 Å². The van der Waals surface area contributed by atoms with Crippen molar-refractivity contribution >= 4 is 24.3 Å². The van der Waals surface area contributed by atoms with E-state index in [2.05, 4.69) is 26.1 Å². The molecular weight excluding hydrogens is 597 g/mol. The zero-order valence-electron chi connectivity index (χ0n) is 23.1. The zero-order valence-corrected chi connectivity index (χ0v) is 25.7. The van der Waals surface area contributed by atoms with Crippen molar-refractivity contribution in [2.45, 2.75) is 45.7 Å². The third kappa shape index (κ3) is 7.82. The molecule has 0 aliphatic rings. The largest absolute Gasteiger partial charge is 0.432 e. The van der Waals surface area contributed by atoms with Crippen LogP contribution in [0.15, 0.2) is 87.9 Å². The molecule has 4 rings (SSSR count). The first-order valence-corrected chi connectivity index (χ1v) is 15.5. The predicted octanol–water partition coefficient (Wildman–Crippen LogP) is 9.31. The summed E-state index contributed by atoms with van der Waals surface area (Å²) in [5.74, 6) is 0.945. The molecule has 5 nitrogen and oxygen atoms in total. The lowest BCUT2D eigenvalue weighted by atomic mass is 9.91. The molecule has 1 unspecified atom stereocenters. The summed E-state index contributed by atoms with van der Waals surface area (Å²) in [6.07, 6.45) is 0.483. The number of benzene rings is 3. The number of alkyl halides is 2. The van der Waals surface area contributed by atoms with Gasteiger partial charge in [-0.15, -0.1) is 0 Å². The minimum atomic E-state index is -3.26. The van der Waals surface area contributed by atoms with Crippen LogP contribution in [0.4, 0.5) is 8.78 Å². The highest BCUT2D eigenvalue weighted by Crippen LogP contribution is 2.61. The maximum Gasteiger partial charge on any atom is 0.432 e. The fourth-order valence-corrected chi connectivity index (χ4v) is 6.82. The molecule has 3 aromatic carbocycles. The highest BCUT2D eigenvalue weighted by atomic mass is 79.9. The summed E-state index contributed by atoms with van der Waals surface area (Å²) in [7, 11) is -2.93. The van der Waals surface area contributed by atoms with E-state index in [1.54, 1.807) is 12.1 Å². The van der Waals surface area contributed by atoms with Crippen LogP contribution in [0, 0.1) is 11.8 Å². The first kappa shape index (κ1) is 30.4. The van der Waals surface area contributed by atoms with Crippen LogP contribution in [-0.2, 0) is 21.1 Å². The quantitative estimate of drug-likeness (QED) is 0.138. The zero-order chi connectivity index (χ0) is 28.7. The Hall–Kier alpha value is -2.51. The molecule has 9 heteroatoms. The number of rotatable bonds is 13. The number of hydrogen-bond acceptors (Lipinski definition) is 5. The molecule has 4 aromatic rings. The van der Waals surface area contributed by atoms with Crippen LogP contribution in [0.5, 0.6) is 0 Å². The fourth-order valence-electron chi connectivity index (χ4n) is 4.11. The maximum absolute atomic E-state index is 15.8. The highest BCUT2D eigenvalue weighted by molar-refractivity contribution is 9.10. The summed E-state index contributed by atoms with van der Waals surface area (Å²) in [5.41, 5.74) is -0.707. The molecule has 0 fully saturated rings. The minimum absolute atomic E-state index is 0.117. The van der Waals surface area contributed by atoms with Crippen molar-refractivity contribution in [1.29, 1.82) is 0 Å². The number of halogens is 3. The number of hydrogen-bond donors (Lipinski definition) is 0. The lowest BCUT2D eigenvalue weighted by Gasteiger charge is -2.21. The Balaban J connectivity index is 1.61. The smallest absolute Gasteiger partial charge is 0.338 e. The van der Waals surface area contributed by atoms with E-state index in [1.165, 1.54) is 6.07 Å². The molecule has 1 heterocycles. The Labute approximate surface area is 244 Å². The van der Waals surface area contributed by atoms with Crippen molar-refractivity contribution < 1.29 is 22.4 Å². The van der Waals surface area contributed by atoms with Gasteiger partial charge in [0.25, 0.3) is 0 Å². The van der Waals surface area contributed by atoms with E-state index in [0.717, 1.165) is 16.7 Å². The summed E-state index contributed by atoms with van der Waals surface area (Å²) >= 11 is 3.42. The minimum Gasteiger partial charge on any atom is -0.338 e. The summed E-state index contributed by atoms with van der Waals surface area (Å²) < 4.78 is 48.9. The molecular formula is C31H35BrF2N2O3P+. The van der Waals surface area contributed by atoms with E-state index in [-0.39, 0.29) is 36.5 Å². The van der Waals surface area contributed by atoms with Crippen LogP contribution in [0.2, 0.25) is 0 Å². The van der Waals surface area contributed by atoms with Gasteiger partial charge in [0.1, 0.15) is 0 Å². The van der Waals surface area contributed by atoms with Gasteiger partial charge in [-0.1, -0.05) is 116 Å². The summed E-state index contributed by atoms with van der Waals surface area (Å²) in [6, 6.07) is 24.4. The molecule has 0 amide bonds. The molecule has 1 aromatic heterocycles. The highest BCUT2D eigenvalue weighted by Gasteiger charge is 2.54. The van der Waals surface area contributed by atoms with Gasteiger partial charge in [0.15, 0.2) is 0 Å². The Bertz CT molecular complexity index is 1340. The second-order valence-electron chi connectivity index (χ2n) is 10.6. The third-order valence-electron chi connectivity index (χ3n) is 6.14. The molecule has 0 saturated heterocycles. The van der Waals surface area contributed by atoms with Crippen LogP contribution in [0.25, 0.3) is 11.4 Å². The van der Waals surface area contributed by atoms with Crippen molar-refractivity contribution in [1.82, 2.24) is 10.1 Å². The van der Waals surface area contributed by atoms with Gasteiger partial charge in [-0.05, 0) is 41.5 Å². The van der Waals surface area contributed by atoms with Crippen LogP contribution >= 0.6 is 24.3 Å². The average Bonchev–Trinajstić information content (AvgIpc) is 3.42. The Morgan fingerprint density at radius 3 is 2.05 bits per heavy atom. The molecule has 1 atom stereocenters. The third-order valence-corrected chi connectivity index (χ3v) is 8.43. The van der Waals surface area contributed by atoms with Crippen molar-refractivity contribution in [2.75, 3.05) is 13.2 Å². The molecule has 0 N–H and O–H groups in total. The van der Waals surface area contributed by atoms with Gasteiger partial charge in [-0.3, -0.25) is 0 Å². The standard InChI is InChI=1S/C31H34BrF2N2O3P/c1-21(2)19-37-40(38-20-22(3)4)31(33,34)27-16-15-23(18-28(27)32)17-26(24-11-7-5-8-12-24)30-35-29(36-39-30)25-13-9-6-10-14-25/h5-16,18,21-22,26H,17,19-20H2,1-4H3/p+1. The van der Waals surface area contributed by atoms with Crippen LogP contribution in [0.3, 0.4) is 0 Å². The first-order chi connectivity index (χ1) is 19.1. The van der Waals surface area contributed by atoms with E-state index in [1.807, 2.05) is 88.4 Å². The van der Waals surface area contributed by atoms with Gasteiger partial charge in [0.05, 0.1) is 24.7 Å². The number of aromatic nitrogens is 2. The molecule has 0 bridgehead atoms. The normalized spacial score (nSPS) is 12.9. The van der Waals surface area contributed by atoms with Crippen molar-refractivity contribution in [3.63, 3.8) is 0 Å². The van der Waals surface area contributed by atoms with Gasteiger partial charge in [0, 0.05) is 10.0 Å². The second-order valence-corrected chi connectivity index (χ2v) is 13.2. The summed E-state index contributed by atoms with van der Waals surface area (Å²) in [4.78, 5) is 4.69. The van der Waals surface area contributed by atoms with Gasteiger partial charge >= 0.3 is 14.0 Å². The first-order valence-electron chi connectivity index (χ1n) is 13.4. The lowest BCUT2D eigenvalue weighted by Crippen LogP contribution is -2.18. The average molecular weight is 633 g/mol. The maximum atomic E-state index is 15.8. The molecule has 0 aliphatic carbocycles. The van der Waals surface area contributed by atoms with Crippen LogP contribution in [0.1, 0.15) is 56.2 Å². The summed E-state index contributed by atoms with van der Waals surface area (Å²) in [6.45, 7) is 8.15. The molecule has 0 saturated carbocycles. The van der Waals surface area contributed by atoms with E-state index in [4.69, 9.17) is 13.6 Å². The molecule has 212 valence electrons. The Morgan fingerprint density at radius 1 is 0.875 bits per heavy atom. The Kier molecular flexibility index (Phi) is 10.6. The van der Waals surface area contributed by atoms with Crippen molar-refractivity contribution in [2.24, 2.45) is 11.8 Å². The Morgan fingerprint density at radius 2 is 1.48 bits per heavy atom.